The molecule has 0 bridgehead atoms. The molecule has 0 aliphatic carbocycles. The minimum Gasteiger partial charge on any atom is -0.394 e. The third-order valence-corrected chi connectivity index (χ3v) is 1.50. The van der Waals surface area contributed by atoms with Gasteiger partial charge in [-0.2, -0.15) is 5.10 Å². The highest BCUT2D eigenvalue weighted by atomic mass is 79.9. The number of nitrogens with zero attached hydrogens (tertiary/aromatic N) is 2. The fourth-order valence-corrected chi connectivity index (χ4v) is 0.812. The average molecular weight is 253 g/mol. The molecule has 13 heavy (non-hydrogen) atoms. The maximum atomic E-state index is 9.04. The first-order chi connectivity index (χ1) is 5.65. The molecular weight excluding hydrogens is 240 g/mol. The second-order valence-electron chi connectivity index (χ2n) is 2.50. The van der Waals surface area contributed by atoms with Crippen LogP contribution in [0.3, 0.4) is 0 Å². The first kappa shape index (κ1) is 12.2. The predicted molar refractivity (Wildman–Crippen MR) is 54.5 cm³/mol. The summed E-state index contributed by atoms with van der Waals surface area (Å²) in [5.41, 5.74) is 11.3. The van der Waals surface area contributed by atoms with Crippen LogP contribution in [-0.4, -0.2) is 32.7 Å². The van der Waals surface area contributed by atoms with Gasteiger partial charge in [0.25, 0.3) is 0 Å². The van der Waals surface area contributed by atoms with Crippen molar-refractivity contribution in [2.75, 3.05) is 18.1 Å². The molecule has 6 nitrogen and oxygen atoms in total. The van der Waals surface area contributed by atoms with Gasteiger partial charge in [-0.1, -0.05) is 0 Å². The molecule has 1 atom stereocenters. The number of rotatable bonds is 3. The van der Waals surface area contributed by atoms with E-state index in [1.54, 1.807) is 0 Å². The predicted octanol–water partition coefficient (Wildman–Crippen LogP) is -1.02. The normalized spacial score (nSPS) is 12.2. The van der Waals surface area contributed by atoms with Crippen molar-refractivity contribution in [2.45, 2.75) is 12.6 Å². The largest absolute Gasteiger partial charge is 0.394 e. The molecule has 1 rings (SSSR count). The van der Waals surface area contributed by atoms with E-state index < -0.39 is 6.10 Å². The van der Waals surface area contributed by atoms with E-state index in [9.17, 15) is 0 Å². The van der Waals surface area contributed by atoms with Crippen LogP contribution in [0.25, 0.3) is 0 Å². The molecule has 7 heteroatoms. The van der Waals surface area contributed by atoms with Crippen molar-refractivity contribution >= 4 is 28.5 Å². The van der Waals surface area contributed by atoms with Crippen LogP contribution in [-0.2, 0) is 6.54 Å². The van der Waals surface area contributed by atoms with E-state index in [0.717, 1.165) is 0 Å². The molecule has 0 fully saturated rings. The zero-order valence-corrected chi connectivity index (χ0v) is 8.63. The van der Waals surface area contributed by atoms with Crippen LogP contribution in [0.15, 0.2) is 6.20 Å². The number of aromatic nitrogens is 2. The van der Waals surface area contributed by atoms with Crippen LogP contribution < -0.4 is 11.5 Å². The summed E-state index contributed by atoms with van der Waals surface area (Å²) in [5, 5.41) is 21.4. The lowest BCUT2D eigenvalue weighted by Crippen LogP contribution is -2.21. The summed E-state index contributed by atoms with van der Waals surface area (Å²) >= 11 is 0. The molecule has 76 valence electrons. The molecular formula is C6H13BrN4O2. The van der Waals surface area contributed by atoms with Crippen molar-refractivity contribution in [1.29, 1.82) is 0 Å². The van der Waals surface area contributed by atoms with Crippen LogP contribution in [0.5, 0.6) is 0 Å². The van der Waals surface area contributed by atoms with Crippen LogP contribution in [0, 0.1) is 0 Å². The second-order valence-corrected chi connectivity index (χ2v) is 2.50. The van der Waals surface area contributed by atoms with Gasteiger partial charge in [-0.25, -0.2) is 4.68 Å². The Bertz CT molecular complexity index is 265. The Labute approximate surface area is 85.9 Å². The minimum atomic E-state index is -0.855. The van der Waals surface area contributed by atoms with Gasteiger partial charge in [-0.15, -0.1) is 17.0 Å². The van der Waals surface area contributed by atoms with E-state index >= 15 is 0 Å². The smallest absolute Gasteiger partial charge is 0.145 e. The van der Waals surface area contributed by atoms with Gasteiger partial charge in [0, 0.05) is 0 Å². The number of anilines is 2. The lowest BCUT2D eigenvalue weighted by molar-refractivity contribution is 0.0788. The summed E-state index contributed by atoms with van der Waals surface area (Å²) < 4.78 is 1.34. The molecule has 0 aliphatic heterocycles. The van der Waals surface area contributed by atoms with Crippen LogP contribution in [0.4, 0.5) is 11.5 Å². The Hall–Kier alpha value is -0.790. The first-order valence-corrected chi connectivity index (χ1v) is 3.50. The van der Waals surface area contributed by atoms with Gasteiger partial charge in [0.05, 0.1) is 31.1 Å². The molecule has 0 aromatic carbocycles. The highest BCUT2D eigenvalue weighted by Gasteiger charge is 2.08. The number of nitrogens with two attached hydrogens (primary N) is 2. The molecule has 1 aromatic heterocycles. The molecule has 0 saturated heterocycles. The zero-order valence-electron chi connectivity index (χ0n) is 6.92. The number of halogens is 1. The highest BCUT2D eigenvalue weighted by Crippen LogP contribution is 2.12. The Morgan fingerprint density at radius 3 is 2.54 bits per heavy atom. The molecule has 0 radical (unpaired) electrons. The van der Waals surface area contributed by atoms with Gasteiger partial charge < -0.3 is 21.7 Å². The number of hydrogen-bond donors (Lipinski definition) is 4. The Morgan fingerprint density at radius 2 is 2.15 bits per heavy atom. The number of aliphatic hydroxyl groups excluding tert-OH is 2. The quantitative estimate of drug-likeness (QED) is 0.551. The Kier molecular flexibility index (Phi) is 4.74. The van der Waals surface area contributed by atoms with Gasteiger partial charge in [0.1, 0.15) is 5.82 Å². The van der Waals surface area contributed by atoms with E-state index in [2.05, 4.69) is 5.10 Å². The van der Waals surface area contributed by atoms with Crippen LogP contribution in [0.2, 0.25) is 0 Å². The maximum Gasteiger partial charge on any atom is 0.145 e. The van der Waals surface area contributed by atoms with E-state index in [1.165, 1.54) is 10.9 Å². The standard InChI is InChI=1S/C6H12N4O2.BrH/c7-5-1-9-10(6(5)8)2-4(12)3-11;/h1,4,11-12H,2-3,7-8H2;1H. The molecule has 0 spiro atoms. The minimum absolute atomic E-state index is 0. The van der Waals surface area contributed by atoms with Gasteiger partial charge in [-0.05, 0) is 0 Å². The third kappa shape index (κ3) is 2.87. The fraction of sp³-hybridized carbons (Fsp3) is 0.500. The summed E-state index contributed by atoms with van der Waals surface area (Å²) in [6.45, 7) is -0.168. The highest BCUT2D eigenvalue weighted by molar-refractivity contribution is 8.93. The monoisotopic (exact) mass is 252 g/mol. The Morgan fingerprint density at radius 1 is 1.54 bits per heavy atom. The molecule has 1 aromatic rings. The van der Waals surface area contributed by atoms with E-state index in [1.807, 2.05) is 0 Å². The fourth-order valence-electron chi connectivity index (χ4n) is 0.812. The van der Waals surface area contributed by atoms with Crippen LogP contribution in [0.1, 0.15) is 0 Å². The summed E-state index contributed by atoms with van der Waals surface area (Å²) in [5.74, 6) is 0.308. The number of nitrogen functional groups attached to an aromatic ring is 2. The summed E-state index contributed by atoms with van der Waals surface area (Å²) in [6.07, 6.45) is 0.547. The van der Waals surface area contributed by atoms with Crippen molar-refractivity contribution < 1.29 is 10.2 Å². The summed E-state index contributed by atoms with van der Waals surface area (Å²) in [7, 11) is 0. The first-order valence-electron chi connectivity index (χ1n) is 3.50. The second kappa shape index (κ2) is 5.05. The van der Waals surface area contributed by atoms with Crippen molar-refractivity contribution in [3.8, 4) is 0 Å². The van der Waals surface area contributed by atoms with E-state index in [4.69, 9.17) is 21.7 Å². The lowest BCUT2D eigenvalue weighted by Gasteiger charge is -2.08. The molecule has 1 heterocycles. The van der Waals surface area contributed by atoms with Gasteiger partial charge in [0.15, 0.2) is 0 Å². The summed E-state index contributed by atoms with van der Waals surface area (Å²) in [6, 6.07) is 0. The van der Waals surface area contributed by atoms with E-state index in [0.29, 0.717) is 11.5 Å². The molecule has 0 aliphatic rings. The summed E-state index contributed by atoms with van der Waals surface area (Å²) in [4.78, 5) is 0. The molecule has 1 unspecified atom stereocenters. The lowest BCUT2D eigenvalue weighted by atomic mass is 10.4. The number of hydrogen-bond acceptors (Lipinski definition) is 5. The number of aliphatic hydroxyl groups is 2. The van der Waals surface area contributed by atoms with Crippen LogP contribution >= 0.6 is 17.0 Å². The van der Waals surface area contributed by atoms with Crippen molar-refractivity contribution in [1.82, 2.24) is 9.78 Å². The van der Waals surface area contributed by atoms with Crippen molar-refractivity contribution in [2.24, 2.45) is 0 Å². The zero-order chi connectivity index (χ0) is 9.14. The van der Waals surface area contributed by atoms with Crippen molar-refractivity contribution in [3.05, 3.63) is 6.20 Å². The molecule has 0 saturated carbocycles. The van der Waals surface area contributed by atoms with E-state index in [-0.39, 0.29) is 30.1 Å². The average Bonchev–Trinajstić information content (AvgIpc) is 2.36. The van der Waals surface area contributed by atoms with Gasteiger partial charge >= 0.3 is 0 Å². The van der Waals surface area contributed by atoms with Crippen molar-refractivity contribution in [3.63, 3.8) is 0 Å². The SMILES string of the molecule is Br.Nc1cnn(CC(O)CO)c1N. The van der Waals surface area contributed by atoms with Gasteiger partial charge in [0.2, 0.25) is 0 Å². The maximum absolute atomic E-state index is 9.04. The molecule has 0 amide bonds. The Balaban J connectivity index is 0.00000144. The molecule has 6 N–H and O–H groups in total. The third-order valence-electron chi connectivity index (χ3n) is 1.50. The van der Waals surface area contributed by atoms with Gasteiger partial charge in [-0.3, -0.25) is 0 Å². The topological polar surface area (TPSA) is 110 Å².